The summed E-state index contributed by atoms with van der Waals surface area (Å²) >= 11 is 0. The van der Waals surface area contributed by atoms with Gasteiger partial charge in [-0.25, -0.2) is 8.42 Å². The first-order chi connectivity index (χ1) is 6.93. The molecule has 0 aromatic carbocycles. The van der Waals surface area contributed by atoms with E-state index in [1.807, 2.05) is 6.92 Å². The molecule has 1 aliphatic rings. The molecule has 4 nitrogen and oxygen atoms in total. The standard InChI is InChI=1S/C10H18N2O2S/c1-3-9(2)12-10(8-11)4-6-15(13,14)7-5-10/h1,9,12H,4-8,11H2,2H3. The number of hydrogen-bond acceptors (Lipinski definition) is 4. The van der Waals surface area contributed by atoms with Crippen molar-refractivity contribution in [2.45, 2.75) is 31.3 Å². The zero-order valence-electron chi connectivity index (χ0n) is 8.99. The van der Waals surface area contributed by atoms with Gasteiger partial charge < -0.3 is 5.73 Å². The molecule has 0 aromatic heterocycles. The van der Waals surface area contributed by atoms with Gasteiger partial charge in [-0.2, -0.15) is 0 Å². The van der Waals surface area contributed by atoms with E-state index in [9.17, 15) is 8.42 Å². The number of terminal acetylenes is 1. The molecular weight excluding hydrogens is 212 g/mol. The molecule has 1 unspecified atom stereocenters. The second kappa shape index (κ2) is 4.52. The van der Waals surface area contributed by atoms with Crippen molar-refractivity contribution < 1.29 is 8.42 Å². The van der Waals surface area contributed by atoms with Crippen LogP contribution in [-0.4, -0.2) is 38.0 Å². The van der Waals surface area contributed by atoms with Gasteiger partial charge in [0, 0.05) is 12.1 Å². The Morgan fingerprint density at radius 2 is 2.07 bits per heavy atom. The van der Waals surface area contributed by atoms with Crippen molar-refractivity contribution in [3.8, 4) is 12.3 Å². The maximum absolute atomic E-state index is 11.3. The van der Waals surface area contributed by atoms with Gasteiger partial charge in [-0.3, -0.25) is 5.32 Å². The van der Waals surface area contributed by atoms with Crippen molar-refractivity contribution in [1.29, 1.82) is 0 Å². The lowest BCUT2D eigenvalue weighted by Crippen LogP contribution is -2.58. The van der Waals surface area contributed by atoms with Gasteiger partial charge in [0.15, 0.2) is 0 Å². The molecule has 1 aliphatic heterocycles. The third-order valence-corrected chi connectivity index (χ3v) is 4.60. The third-order valence-electron chi connectivity index (χ3n) is 2.95. The molecule has 0 bridgehead atoms. The van der Waals surface area contributed by atoms with E-state index in [0.717, 1.165) is 0 Å². The lowest BCUT2D eigenvalue weighted by Gasteiger charge is -2.38. The van der Waals surface area contributed by atoms with Crippen molar-refractivity contribution in [1.82, 2.24) is 5.32 Å². The predicted octanol–water partition coefficient (Wildman–Crippen LogP) is -0.496. The molecule has 0 saturated carbocycles. The summed E-state index contributed by atoms with van der Waals surface area (Å²) in [5.74, 6) is 2.98. The summed E-state index contributed by atoms with van der Waals surface area (Å²) < 4.78 is 22.6. The molecule has 0 spiro atoms. The maximum Gasteiger partial charge on any atom is 0.150 e. The van der Waals surface area contributed by atoms with Crippen LogP contribution in [0.15, 0.2) is 0 Å². The van der Waals surface area contributed by atoms with Crippen LogP contribution < -0.4 is 11.1 Å². The first-order valence-electron chi connectivity index (χ1n) is 5.07. The topological polar surface area (TPSA) is 72.2 Å². The number of nitrogens with two attached hydrogens (primary N) is 1. The molecule has 1 saturated heterocycles. The molecule has 5 heteroatoms. The van der Waals surface area contributed by atoms with E-state index in [1.165, 1.54) is 0 Å². The summed E-state index contributed by atoms with van der Waals surface area (Å²) in [6.45, 7) is 2.30. The van der Waals surface area contributed by atoms with Crippen LogP contribution in [0, 0.1) is 12.3 Å². The molecule has 0 aliphatic carbocycles. The highest BCUT2D eigenvalue weighted by Crippen LogP contribution is 2.23. The SMILES string of the molecule is C#CC(C)NC1(CN)CCS(=O)(=O)CC1. The lowest BCUT2D eigenvalue weighted by atomic mass is 9.91. The smallest absolute Gasteiger partial charge is 0.150 e. The van der Waals surface area contributed by atoms with Gasteiger partial charge >= 0.3 is 0 Å². The van der Waals surface area contributed by atoms with Crippen LogP contribution in [0.2, 0.25) is 0 Å². The first-order valence-corrected chi connectivity index (χ1v) is 6.89. The Morgan fingerprint density at radius 1 is 1.53 bits per heavy atom. The van der Waals surface area contributed by atoms with E-state index < -0.39 is 9.84 Å². The van der Waals surface area contributed by atoms with Gasteiger partial charge in [-0.05, 0) is 19.8 Å². The lowest BCUT2D eigenvalue weighted by molar-refractivity contribution is 0.292. The molecular formula is C10H18N2O2S. The summed E-state index contributed by atoms with van der Waals surface area (Å²) in [7, 11) is -2.85. The molecule has 3 N–H and O–H groups in total. The fraction of sp³-hybridized carbons (Fsp3) is 0.800. The van der Waals surface area contributed by atoms with Crippen LogP contribution in [0.1, 0.15) is 19.8 Å². The van der Waals surface area contributed by atoms with Crippen molar-refractivity contribution in [3.63, 3.8) is 0 Å². The van der Waals surface area contributed by atoms with E-state index >= 15 is 0 Å². The first kappa shape index (κ1) is 12.5. The molecule has 1 fully saturated rings. The van der Waals surface area contributed by atoms with Crippen LogP contribution in [0.3, 0.4) is 0 Å². The van der Waals surface area contributed by atoms with E-state index in [0.29, 0.717) is 19.4 Å². The number of hydrogen-bond donors (Lipinski definition) is 2. The van der Waals surface area contributed by atoms with Gasteiger partial charge in [0.2, 0.25) is 0 Å². The maximum atomic E-state index is 11.3. The minimum atomic E-state index is -2.85. The van der Waals surface area contributed by atoms with Crippen molar-refractivity contribution in [2.75, 3.05) is 18.1 Å². The quantitative estimate of drug-likeness (QED) is 0.641. The largest absolute Gasteiger partial charge is 0.329 e. The van der Waals surface area contributed by atoms with Crippen LogP contribution in [-0.2, 0) is 9.84 Å². The molecule has 0 aromatic rings. The fourth-order valence-electron chi connectivity index (χ4n) is 1.84. The normalized spacial score (nSPS) is 25.4. The Kier molecular flexibility index (Phi) is 3.77. The highest BCUT2D eigenvalue weighted by atomic mass is 32.2. The zero-order chi connectivity index (χ0) is 11.5. The van der Waals surface area contributed by atoms with E-state index in [4.69, 9.17) is 12.2 Å². The minimum absolute atomic E-state index is 0.0747. The summed E-state index contributed by atoms with van der Waals surface area (Å²) in [4.78, 5) is 0. The average Bonchev–Trinajstić information content (AvgIpc) is 2.22. The Hall–Kier alpha value is -0.570. The summed E-state index contributed by atoms with van der Waals surface area (Å²) in [6.07, 6.45) is 6.39. The Labute approximate surface area is 91.5 Å². The fourth-order valence-corrected chi connectivity index (χ4v) is 3.44. The molecule has 1 heterocycles. The molecule has 1 atom stereocenters. The van der Waals surface area contributed by atoms with Gasteiger partial charge in [0.25, 0.3) is 0 Å². The molecule has 1 rings (SSSR count). The number of rotatable bonds is 3. The molecule has 86 valence electrons. The van der Waals surface area contributed by atoms with Crippen molar-refractivity contribution in [3.05, 3.63) is 0 Å². The average molecular weight is 230 g/mol. The molecule has 0 radical (unpaired) electrons. The van der Waals surface area contributed by atoms with Crippen molar-refractivity contribution >= 4 is 9.84 Å². The van der Waals surface area contributed by atoms with Gasteiger partial charge in [-0.1, -0.05) is 5.92 Å². The Bertz CT molecular complexity index is 342. The van der Waals surface area contributed by atoms with Gasteiger partial charge in [0.05, 0.1) is 17.5 Å². The van der Waals surface area contributed by atoms with Crippen LogP contribution in [0.4, 0.5) is 0 Å². The highest BCUT2D eigenvalue weighted by molar-refractivity contribution is 7.91. The Balaban J connectivity index is 2.69. The Morgan fingerprint density at radius 3 is 2.47 bits per heavy atom. The second-order valence-corrected chi connectivity index (χ2v) is 6.47. The van der Waals surface area contributed by atoms with Crippen LogP contribution in [0.5, 0.6) is 0 Å². The summed E-state index contributed by atoms with van der Waals surface area (Å²) in [6, 6.07) is -0.0747. The van der Waals surface area contributed by atoms with Gasteiger partial charge in [0.1, 0.15) is 9.84 Å². The third kappa shape index (κ3) is 3.20. The molecule has 15 heavy (non-hydrogen) atoms. The summed E-state index contributed by atoms with van der Waals surface area (Å²) in [5, 5.41) is 3.24. The monoisotopic (exact) mass is 230 g/mol. The highest BCUT2D eigenvalue weighted by Gasteiger charge is 2.36. The second-order valence-electron chi connectivity index (χ2n) is 4.17. The van der Waals surface area contributed by atoms with Crippen LogP contribution in [0.25, 0.3) is 0 Å². The van der Waals surface area contributed by atoms with E-state index in [-0.39, 0.29) is 23.1 Å². The van der Waals surface area contributed by atoms with Gasteiger partial charge in [-0.15, -0.1) is 6.42 Å². The van der Waals surface area contributed by atoms with E-state index in [1.54, 1.807) is 0 Å². The number of nitrogens with one attached hydrogen (secondary N) is 1. The minimum Gasteiger partial charge on any atom is -0.329 e. The molecule has 0 amide bonds. The van der Waals surface area contributed by atoms with E-state index in [2.05, 4.69) is 11.2 Å². The summed E-state index contributed by atoms with van der Waals surface area (Å²) in [5.41, 5.74) is 5.41. The van der Waals surface area contributed by atoms with Crippen LogP contribution >= 0.6 is 0 Å². The predicted molar refractivity (Wildman–Crippen MR) is 61.1 cm³/mol. The number of sulfone groups is 1. The van der Waals surface area contributed by atoms with Crippen molar-refractivity contribution in [2.24, 2.45) is 5.73 Å². The zero-order valence-corrected chi connectivity index (χ0v) is 9.81.